The van der Waals surface area contributed by atoms with Crippen molar-refractivity contribution < 1.29 is 47.7 Å². The average molecular weight is 897 g/mol. The van der Waals surface area contributed by atoms with E-state index in [1.165, 1.54) is 61.4 Å². The fraction of sp³-hybridized carbons (Fsp3) is 0.547. The minimum atomic E-state index is -0.285. The van der Waals surface area contributed by atoms with Gasteiger partial charge in [0.1, 0.15) is 12.2 Å². The van der Waals surface area contributed by atoms with Crippen molar-refractivity contribution in [2.24, 2.45) is 23.7 Å². The van der Waals surface area contributed by atoms with E-state index in [1.807, 2.05) is 36.4 Å². The number of carbonyl (C=O) groups is 6. The summed E-state index contributed by atoms with van der Waals surface area (Å²) in [5.41, 5.74) is 7.38. The third-order valence-corrected chi connectivity index (χ3v) is 13.2. The standard InChI is InChI=1S/C19H28N2O2.2C17H22O4/c1-13-8-6-7-9-17(13)14-10-15(18(22)20(2)3)12-16(11-14)19(23)21(4)5;1-11-6-4-5-7-15(11)12-8-13(16(18)20-2)10-14(9-12)17(19)21-3;1-11-6-4-5-7-17(11)14-8-15(20-12(2)18)10-16(9-14)21-13(3)19/h6-9,14-16H,10-12H2,1-5H3;4-7,12-14H,8-10H2,1-3H3;4-7,14-16H,8-10H2,1-3H3. The Labute approximate surface area is 386 Å². The summed E-state index contributed by atoms with van der Waals surface area (Å²) in [7, 11) is 9.97. The maximum Gasteiger partial charge on any atom is 0.308 e. The monoisotopic (exact) mass is 897 g/mol. The molecule has 3 aromatic carbocycles. The Kier molecular flexibility index (Phi) is 19.8. The molecule has 6 unspecified atom stereocenters. The van der Waals surface area contributed by atoms with E-state index in [9.17, 15) is 28.8 Å². The highest BCUT2D eigenvalue weighted by atomic mass is 16.6. The van der Waals surface area contributed by atoms with Crippen molar-refractivity contribution in [3.8, 4) is 0 Å². The van der Waals surface area contributed by atoms with Crippen LogP contribution in [0.1, 0.15) is 123 Å². The van der Waals surface area contributed by atoms with Gasteiger partial charge >= 0.3 is 23.9 Å². The van der Waals surface area contributed by atoms with Crippen molar-refractivity contribution in [3.05, 3.63) is 106 Å². The van der Waals surface area contributed by atoms with Crippen molar-refractivity contribution in [1.82, 2.24) is 9.80 Å². The molecule has 0 bridgehead atoms. The second-order valence-corrected chi connectivity index (χ2v) is 18.5. The molecule has 0 saturated heterocycles. The van der Waals surface area contributed by atoms with E-state index in [-0.39, 0.29) is 89.3 Å². The molecule has 0 aliphatic heterocycles. The van der Waals surface area contributed by atoms with Crippen molar-refractivity contribution in [2.75, 3.05) is 42.4 Å². The summed E-state index contributed by atoms with van der Waals surface area (Å²) >= 11 is 0. The topological polar surface area (TPSA) is 146 Å². The lowest BCUT2D eigenvalue weighted by atomic mass is 9.71. The van der Waals surface area contributed by atoms with Crippen LogP contribution in [0.2, 0.25) is 0 Å². The van der Waals surface area contributed by atoms with Gasteiger partial charge in [0.2, 0.25) is 11.8 Å². The minimum absolute atomic E-state index is 0.0720. The second kappa shape index (κ2) is 24.7. The molecule has 0 radical (unpaired) electrons. The Morgan fingerprint density at radius 1 is 0.431 bits per heavy atom. The van der Waals surface area contributed by atoms with Crippen LogP contribution in [0.15, 0.2) is 72.8 Å². The lowest BCUT2D eigenvalue weighted by Gasteiger charge is -2.36. The highest BCUT2D eigenvalue weighted by Gasteiger charge is 2.40. The molecule has 65 heavy (non-hydrogen) atoms. The highest BCUT2D eigenvalue weighted by molar-refractivity contribution is 5.82. The molecule has 3 aliphatic rings. The molecular weight excluding hydrogens is 825 g/mol. The zero-order valence-electron chi connectivity index (χ0n) is 40.5. The fourth-order valence-corrected chi connectivity index (χ4v) is 10.3. The first-order chi connectivity index (χ1) is 30.8. The summed E-state index contributed by atoms with van der Waals surface area (Å²) in [6, 6.07) is 24.6. The predicted molar refractivity (Wildman–Crippen MR) is 250 cm³/mol. The van der Waals surface area contributed by atoms with E-state index in [1.54, 1.807) is 38.0 Å². The Morgan fingerprint density at radius 2 is 0.723 bits per heavy atom. The quantitative estimate of drug-likeness (QED) is 0.151. The smallest absolute Gasteiger partial charge is 0.308 e. The summed E-state index contributed by atoms with van der Waals surface area (Å²) < 4.78 is 20.5. The molecule has 3 aliphatic carbocycles. The molecule has 2 amide bonds. The molecule has 3 aromatic rings. The van der Waals surface area contributed by atoms with Crippen LogP contribution in [0.3, 0.4) is 0 Å². The Morgan fingerprint density at radius 3 is 1.02 bits per heavy atom. The van der Waals surface area contributed by atoms with E-state index in [4.69, 9.17) is 18.9 Å². The molecule has 354 valence electrons. The van der Waals surface area contributed by atoms with Crippen LogP contribution in [0.25, 0.3) is 0 Å². The van der Waals surface area contributed by atoms with Gasteiger partial charge in [0.25, 0.3) is 0 Å². The largest absolute Gasteiger partial charge is 0.469 e. The number of aryl methyl sites for hydroxylation is 3. The Balaban J connectivity index is 0.000000214. The lowest BCUT2D eigenvalue weighted by Crippen LogP contribution is -2.40. The molecule has 12 heteroatoms. The summed E-state index contributed by atoms with van der Waals surface area (Å²) in [4.78, 5) is 74.6. The number of methoxy groups -OCH3 is 2. The van der Waals surface area contributed by atoms with Crippen molar-refractivity contribution in [2.45, 2.75) is 122 Å². The molecule has 3 fully saturated rings. The second-order valence-electron chi connectivity index (χ2n) is 18.5. The van der Waals surface area contributed by atoms with Gasteiger partial charge in [-0.1, -0.05) is 72.8 Å². The molecule has 6 rings (SSSR count). The minimum Gasteiger partial charge on any atom is -0.469 e. The number of rotatable bonds is 9. The molecule has 12 nitrogen and oxygen atoms in total. The van der Waals surface area contributed by atoms with Gasteiger partial charge in [-0.25, -0.2) is 0 Å². The number of amides is 2. The van der Waals surface area contributed by atoms with Crippen molar-refractivity contribution >= 4 is 35.7 Å². The van der Waals surface area contributed by atoms with E-state index in [0.29, 0.717) is 19.3 Å². The molecule has 0 N–H and O–H groups in total. The van der Waals surface area contributed by atoms with Crippen LogP contribution >= 0.6 is 0 Å². The van der Waals surface area contributed by atoms with E-state index in [0.717, 1.165) is 38.5 Å². The van der Waals surface area contributed by atoms with Crippen molar-refractivity contribution in [1.29, 1.82) is 0 Å². The molecule has 0 aromatic heterocycles. The molecule has 0 heterocycles. The number of nitrogens with zero attached hydrogens (tertiary/aromatic N) is 2. The molecule has 6 atom stereocenters. The number of benzene rings is 3. The zero-order chi connectivity index (χ0) is 48.0. The van der Waals surface area contributed by atoms with Gasteiger partial charge in [-0.05, 0) is 123 Å². The number of esters is 4. The number of carbonyl (C=O) groups excluding carboxylic acids is 6. The summed E-state index contributed by atoms with van der Waals surface area (Å²) in [6.07, 6.45) is 6.06. The number of ether oxygens (including phenoxy) is 4. The van der Waals surface area contributed by atoms with Gasteiger partial charge < -0.3 is 28.7 Å². The van der Waals surface area contributed by atoms with Gasteiger partial charge in [-0.3, -0.25) is 28.8 Å². The normalized spacial score (nSPS) is 24.8. The van der Waals surface area contributed by atoms with Crippen molar-refractivity contribution in [3.63, 3.8) is 0 Å². The molecule has 3 saturated carbocycles. The molecule has 0 spiro atoms. The van der Waals surface area contributed by atoms with Crippen LogP contribution in [-0.2, 0) is 47.7 Å². The maximum absolute atomic E-state index is 12.5. The maximum atomic E-state index is 12.5. The zero-order valence-corrected chi connectivity index (χ0v) is 40.5. The lowest BCUT2D eigenvalue weighted by molar-refractivity contribution is -0.157. The van der Waals surface area contributed by atoms with Gasteiger partial charge in [0, 0.05) is 60.3 Å². The third kappa shape index (κ3) is 15.0. The van der Waals surface area contributed by atoms with E-state index in [2.05, 4.69) is 57.2 Å². The summed E-state index contributed by atoms with van der Waals surface area (Å²) in [5.74, 6) is -0.679. The SMILES string of the molecule is CC(=O)OC1CC(OC(C)=O)CC(c2ccccc2C)C1.COC(=O)C1CC(C(=O)OC)CC(c2ccccc2C)C1.Cc1ccccc1C1CC(C(=O)N(C)C)CC(C(=O)N(C)C)C1. The van der Waals surface area contributed by atoms with Crippen LogP contribution in [0.4, 0.5) is 0 Å². The third-order valence-electron chi connectivity index (χ3n) is 13.2. The van der Waals surface area contributed by atoms with Crippen LogP contribution in [0.5, 0.6) is 0 Å². The van der Waals surface area contributed by atoms with Gasteiger partial charge in [-0.15, -0.1) is 0 Å². The van der Waals surface area contributed by atoms with Crippen LogP contribution < -0.4 is 0 Å². The first-order valence-corrected chi connectivity index (χ1v) is 22.9. The first-order valence-electron chi connectivity index (χ1n) is 22.9. The Hall–Kier alpha value is -5.52. The van der Waals surface area contributed by atoms with Gasteiger partial charge in [-0.2, -0.15) is 0 Å². The van der Waals surface area contributed by atoms with Gasteiger partial charge in [0.15, 0.2) is 0 Å². The molecular formula is C53H72N2O10. The van der Waals surface area contributed by atoms with Crippen LogP contribution in [-0.4, -0.2) is 100 Å². The average Bonchev–Trinajstić information content (AvgIpc) is 3.27. The summed E-state index contributed by atoms with van der Waals surface area (Å²) in [5, 5.41) is 0. The number of hydrogen-bond donors (Lipinski definition) is 0. The number of hydrogen-bond acceptors (Lipinski definition) is 10. The summed E-state index contributed by atoms with van der Waals surface area (Å²) in [6.45, 7) is 9.07. The first kappa shape index (κ1) is 52.1. The Bertz CT molecular complexity index is 2020. The highest BCUT2D eigenvalue weighted by Crippen LogP contribution is 2.43. The van der Waals surface area contributed by atoms with E-state index < -0.39 is 0 Å². The van der Waals surface area contributed by atoms with Crippen LogP contribution in [0, 0.1) is 44.4 Å². The predicted octanol–water partition coefficient (Wildman–Crippen LogP) is 8.64. The van der Waals surface area contributed by atoms with E-state index >= 15 is 0 Å². The fourth-order valence-electron chi connectivity index (χ4n) is 10.3. The van der Waals surface area contributed by atoms with Gasteiger partial charge in [0.05, 0.1) is 26.1 Å².